The lowest BCUT2D eigenvalue weighted by atomic mass is 10.1. The van der Waals surface area contributed by atoms with Gasteiger partial charge in [-0.05, 0) is 59.2 Å². The van der Waals surface area contributed by atoms with Crippen LogP contribution in [0.1, 0.15) is 16.7 Å². The van der Waals surface area contributed by atoms with Crippen molar-refractivity contribution in [3.63, 3.8) is 0 Å². The van der Waals surface area contributed by atoms with Gasteiger partial charge in [-0.15, -0.1) is 0 Å². The van der Waals surface area contributed by atoms with Crippen molar-refractivity contribution in [2.75, 3.05) is 14.2 Å². The van der Waals surface area contributed by atoms with Crippen LogP contribution in [-0.2, 0) is 17.9 Å². The predicted octanol–water partition coefficient (Wildman–Crippen LogP) is 5.82. The van der Waals surface area contributed by atoms with Crippen LogP contribution < -0.4 is 14.2 Å². The van der Waals surface area contributed by atoms with Crippen molar-refractivity contribution in [2.45, 2.75) is 13.2 Å². The highest BCUT2D eigenvalue weighted by atomic mass is 32.2. The van der Waals surface area contributed by atoms with Crippen LogP contribution in [0.2, 0.25) is 0 Å². The van der Waals surface area contributed by atoms with Gasteiger partial charge in [0.1, 0.15) is 22.5 Å². The topological polar surface area (TPSA) is 48.0 Å². The average molecular weight is 496 g/mol. The molecule has 1 aliphatic rings. The van der Waals surface area contributed by atoms with Gasteiger partial charge in [-0.1, -0.05) is 54.3 Å². The van der Waals surface area contributed by atoms with Crippen LogP contribution in [0.5, 0.6) is 17.2 Å². The summed E-state index contributed by atoms with van der Waals surface area (Å²) in [5.74, 6) is 1.34. The van der Waals surface area contributed by atoms with E-state index in [1.54, 1.807) is 49.5 Å². The summed E-state index contributed by atoms with van der Waals surface area (Å²) in [4.78, 5) is 15.1. The van der Waals surface area contributed by atoms with Gasteiger partial charge in [0.25, 0.3) is 5.91 Å². The number of hydrogen-bond donors (Lipinski definition) is 0. The van der Waals surface area contributed by atoms with Crippen LogP contribution in [0.4, 0.5) is 4.39 Å². The Morgan fingerprint density at radius 3 is 2.47 bits per heavy atom. The van der Waals surface area contributed by atoms with Crippen LogP contribution in [0.15, 0.2) is 71.6 Å². The number of carbonyl (C=O) groups is 1. The van der Waals surface area contributed by atoms with E-state index in [1.807, 2.05) is 30.3 Å². The van der Waals surface area contributed by atoms with Crippen molar-refractivity contribution in [2.24, 2.45) is 0 Å². The van der Waals surface area contributed by atoms with Gasteiger partial charge in [0.15, 0.2) is 11.5 Å². The normalized spacial score (nSPS) is 14.6. The first-order valence-electron chi connectivity index (χ1n) is 10.4. The van der Waals surface area contributed by atoms with E-state index in [1.165, 1.54) is 23.9 Å². The van der Waals surface area contributed by atoms with E-state index in [2.05, 4.69) is 0 Å². The molecule has 34 heavy (non-hydrogen) atoms. The number of hydrogen-bond acceptors (Lipinski definition) is 6. The van der Waals surface area contributed by atoms with Gasteiger partial charge >= 0.3 is 0 Å². The fourth-order valence-corrected chi connectivity index (χ4v) is 4.64. The third-order valence-electron chi connectivity index (χ3n) is 5.14. The number of halogens is 1. The SMILES string of the molecule is COc1ccc(CN2C(=O)/C(=C\c3ccc(OCc4cccc(F)c4)c(OC)c3)SC2=S)cc1. The van der Waals surface area contributed by atoms with Crippen LogP contribution in [-0.4, -0.2) is 29.3 Å². The monoisotopic (exact) mass is 495 g/mol. The Kier molecular flexibility index (Phi) is 7.49. The maximum absolute atomic E-state index is 13.4. The first-order valence-corrected chi connectivity index (χ1v) is 11.6. The zero-order valence-corrected chi connectivity index (χ0v) is 20.3. The summed E-state index contributed by atoms with van der Waals surface area (Å²) < 4.78 is 30.4. The largest absolute Gasteiger partial charge is 0.497 e. The summed E-state index contributed by atoms with van der Waals surface area (Å²) in [7, 11) is 3.16. The number of carbonyl (C=O) groups excluding carboxylic acids is 1. The minimum atomic E-state index is -0.312. The standard InChI is InChI=1S/C26H22FNO4S2/c1-30-21-9-6-17(7-10-21)15-28-25(29)24(34-26(28)33)14-18-8-11-22(23(13-18)31-2)32-16-19-4-3-5-20(27)12-19/h3-14H,15-16H2,1-2H3/b24-14+. The lowest BCUT2D eigenvalue weighted by molar-refractivity contribution is -0.122. The summed E-state index contributed by atoms with van der Waals surface area (Å²) >= 11 is 6.72. The third-order valence-corrected chi connectivity index (χ3v) is 6.52. The highest BCUT2D eigenvalue weighted by molar-refractivity contribution is 8.26. The number of benzene rings is 3. The third kappa shape index (κ3) is 5.58. The molecule has 0 saturated carbocycles. The summed E-state index contributed by atoms with van der Waals surface area (Å²) in [6.07, 6.45) is 1.78. The van der Waals surface area contributed by atoms with E-state index in [0.29, 0.717) is 32.8 Å². The second-order valence-electron chi connectivity index (χ2n) is 7.44. The number of thiocarbonyl (C=S) groups is 1. The molecule has 0 aliphatic carbocycles. The molecule has 0 N–H and O–H groups in total. The second-order valence-corrected chi connectivity index (χ2v) is 9.12. The molecule has 0 aromatic heterocycles. The molecular formula is C26H22FNO4S2. The maximum atomic E-state index is 13.4. The fraction of sp³-hybridized carbons (Fsp3) is 0.154. The minimum absolute atomic E-state index is 0.142. The van der Waals surface area contributed by atoms with Gasteiger partial charge < -0.3 is 14.2 Å². The minimum Gasteiger partial charge on any atom is -0.497 e. The Bertz CT molecular complexity index is 1240. The van der Waals surface area contributed by atoms with Crippen molar-refractivity contribution in [1.82, 2.24) is 4.90 Å². The average Bonchev–Trinajstić information content (AvgIpc) is 3.11. The molecule has 3 aromatic carbocycles. The van der Waals surface area contributed by atoms with Crippen LogP contribution in [0.3, 0.4) is 0 Å². The molecule has 0 radical (unpaired) electrons. The van der Waals surface area contributed by atoms with Crippen molar-refractivity contribution in [1.29, 1.82) is 0 Å². The molecular weight excluding hydrogens is 473 g/mol. The molecule has 1 aliphatic heterocycles. The molecule has 0 spiro atoms. The van der Waals surface area contributed by atoms with Crippen LogP contribution >= 0.6 is 24.0 Å². The summed E-state index contributed by atoms with van der Waals surface area (Å²) in [5, 5.41) is 0. The number of rotatable bonds is 8. The number of ether oxygens (including phenoxy) is 3. The first-order chi connectivity index (χ1) is 16.5. The Morgan fingerprint density at radius 1 is 0.971 bits per heavy atom. The zero-order chi connectivity index (χ0) is 24.1. The van der Waals surface area contributed by atoms with Gasteiger partial charge in [0.05, 0.1) is 25.7 Å². The van der Waals surface area contributed by atoms with Crippen LogP contribution in [0.25, 0.3) is 6.08 Å². The molecule has 0 atom stereocenters. The highest BCUT2D eigenvalue weighted by Crippen LogP contribution is 2.35. The number of thioether (sulfide) groups is 1. The van der Waals surface area contributed by atoms with E-state index in [4.69, 9.17) is 26.4 Å². The molecule has 5 nitrogen and oxygen atoms in total. The first kappa shape index (κ1) is 23.8. The lowest BCUT2D eigenvalue weighted by Gasteiger charge is -2.14. The number of methoxy groups -OCH3 is 2. The van der Waals surface area contributed by atoms with E-state index >= 15 is 0 Å². The molecule has 4 rings (SSSR count). The number of nitrogens with zero attached hydrogens (tertiary/aromatic N) is 1. The molecule has 1 saturated heterocycles. The molecule has 8 heteroatoms. The molecule has 3 aromatic rings. The zero-order valence-electron chi connectivity index (χ0n) is 18.6. The molecule has 0 unspecified atom stereocenters. The maximum Gasteiger partial charge on any atom is 0.266 e. The van der Waals surface area contributed by atoms with Crippen molar-refractivity contribution in [3.05, 3.63) is 94.1 Å². The van der Waals surface area contributed by atoms with Gasteiger partial charge in [-0.3, -0.25) is 9.69 Å². The molecule has 1 amide bonds. The van der Waals surface area contributed by atoms with Crippen molar-refractivity contribution < 1.29 is 23.4 Å². The molecule has 174 valence electrons. The molecule has 1 heterocycles. The van der Waals surface area contributed by atoms with E-state index in [0.717, 1.165) is 16.9 Å². The predicted molar refractivity (Wildman–Crippen MR) is 135 cm³/mol. The van der Waals surface area contributed by atoms with Gasteiger partial charge in [0.2, 0.25) is 0 Å². The van der Waals surface area contributed by atoms with E-state index in [9.17, 15) is 9.18 Å². The second kappa shape index (κ2) is 10.7. The van der Waals surface area contributed by atoms with E-state index in [-0.39, 0.29) is 18.3 Å². The fourth-order valence-electron chi connectivity index (χ4n) is 3.38. The smallest absolute Gasteiger partial charge is 0.266 e. The van der Waals surface area contributed by atoms with Crippen LogP contribution in [0, 0.1) is 5.82 Å². The highest BCUT2D eigenvalue weighted by Gasteiger charge is 2.32. The Hall–Kier alpha value is -3.36. The Labute approximate surface area is 207 Å². The van der Waals surface area contributed by atoms with Crippen molar-refractivity contribution >= 4 is 40.3 Å². The summed E-state index contributed by atoms with van der Waals surface area (Å²) in [5.41, 5.74) is 2.45. The molecule has 0 bridgehead atoms. The van der Waals surface area contributed by atoms with Crippen molar-refractivity contribution in [3.8, 4) is 17.2 Å². The lowest BCUT2D eigenvalue weighted by Crippen LogP contribution is -2.27. The molecule has 1 fully saturated rings. The van der Waals surface area contributed by atoms with E-state index < -0.39 is 0 Å². The Balaban J connectivity index is 1.47. The van der Waals surface area contributed by atoms with Gasteiger partial charge in [-0.25, -0.2) is 4.39 Å². The summed E-state index contributed by atoms with van der Waals surface area (Å²) in [6, 6.07) is 19.2. The summed E-state index contributed by atoms with van der Waals surface area (Å²) in [6.45, 7) is 0.597. The quantitative estimate of drug-likeness (QED) is 0.290. The number of amides is 1. The van der Waals surface area contributed by atoms with Gasteiger partial charge in [-0.2, -0.15) is 0 Å². The Morgan fingerprint density at radius 2 is 1.76 bits per heavy atom. The van der Waals surface area contributed by atoms with Gasteiger partial charge in [0, 0.05) is 0 Å².